The van der Waals surface area contributed by atoms with Crippen LogP contribution in [0, 0.1) is 0 Å². The number of hydrogen-bond acceptors (Lipinski definition) is 4. The summed E-state index contributed by atoms with van der Waals surface area (Å²) in [6.45, 7) is 3.12. The molecule has 1 N–H and O–H groups in total. The maximum absolute atomic E-state index is 12.5. The van der Waals surface area contributed by atoms with E-state index in [9.17, 15) is 4.79 Å². The average molecular weight is 324 g/mol. The fourth-order valence-corrected chi connectivity index (χ4v) is 2.99. The van der Waals surface area contributed by atoms with Crippen molar-refractivity contribution in [2.24, 2.45) is 0 Å². The van der Waals surface area contributed by atoms with E-state index in [2.05, 4.69) is 39.5 Å². The Labute approximate surface area is 143 Å². The lowest BCUT2D eigenvalue weighted by molar-refractivity contribution is 0.0951. The molecule has 1 aromatic heterocycles. The van der Waals surface area contributed by atoms with Gasteiger partial charge in [-0.05, 0) is 43.8 Å². The van der Waals surface area contributed by atoms with Gasteiger partial charge in [-0.15, -0.1) is 0 Å². The molecule has 1 aromatic carbocycles. The zero-order valence-corrected chi connectivity index (χ0v) is 14.3. The Bertz CT molecular complexity index is 714. The van der Waals surface area contributed by atoms with Gasteiger partial charge in [-0.1, -0.05) is 24.3 Å². The highest BCUT2D eigenvalue weighted by molar-refractivity contribution is 5.98. The van der Waals surface area contributed by atoms with Crippen LogP contribution in [0.15, 0.2) is 42.6 Å². The molecule has 1 aliphatic heterocycles. The van der Waals surface area contributed by atoms with Crippen LogP contribution in [0.3, 0.4) is 0 Å². The van der Waals surface area contributed by atoms with E-state index >= 15 is 0 Å². The van der Waals surface area contributed by atoms with Crippen LogP contribution in [0.1, 0.15) is 21.5 Å². The van der Waals surface area contributed by atoms with Gasteiger partial charge in [0.2, 0.25) is 0 Å². The van der Waals surface area contributed by atoms with E-state index < -0.39 is 0 Å². The van der Waals surface area contributed by atoms with Crippen LogP contribution in [-0.2, 0) is 13.0 Å². The maximum Gasteiger partial charge on any atom is 0.255 e. The fraction of sp³-hybridized carbons (Fsp3) is 0.368. The molecule has 5 nitrogen and oxygen atoms in total. The third kappa shape index (κ3) is 3.74. The second-order valence-corrected chi connectivity index (χ2v) is 6.37. The molecule has 0 saturated heterocycles. The van der Waals surface area contributed by atoms with Crippen molar-refractivity contribution in [2.75, 3.05) is 38.6 Å². The molecule has 0 unspecified atom stereocenters. The molecule has 2 heterocycles. The van der Waals surface area contributed by atoms with Crippen molar-refractivity contribution in [3.8, 4) is 0 Å². The second-order valence-electron chi connectivity index (χ2n) is 6.37. The lowest BCUT2D eigenvalue weighted by Crippen LogP contribution is -2.35. The standard InChI is InChI=1S/C19H24N4O/c1-22(2)13-11-21-19(24)17-8-5-10-20-18(17)23-12-9-15-6-3-4-7-16(15)14-23/h3-8,10H,9,11-14H2,1-2H3,(H,21,24). The highest BCUT2D eigenvalue weighted by Gasteiger charge is 2.21. The summed E-state index contributed by atoms with van der Waals surface area (Å²) in [6, 6.07) is 12.2. The maximum atomic E-state index is 12.5. The van der Waals surface area contributed by atoms with Crippen LogP contribution >= 0.6 is 0 Å². The van der Waals surface area contributed by atoms with Crippen molar-refractivity contribution in [3.05, 3.63) is 59.3 Å². The number of fused-ring (bicyclic) bond motifs is 1. The number of rotatable bonds is 5. The van der Waals surface area contributed by atoms with E-state index in [-0.39, 0.29) is 5.91 Å². The predicted molar refractivity (Wildman–Crippen MR) is 96.3 cm³/mol. The van der Waals surface area contributed by atoms with E-state index in [0.29, 0.717) is 12.1 Å². The van der Waals surface area contributed by atoms with Crippen LogP contribution in [0.25, 0.3) is 0 Å². The smallest absolute Gasteiger partial charge is 0.255 e. The molecule has 126 valence electrons. The Morgan fingerprint density at radius 1 is 1.21 bits per heavy atom. The summed E-state index contributed by atoms with van der Waals surface area (Å²) in [7, 11) is 3.99. The first-order valence-corrected chi connectivity index (χ1v) is 8.35. The summed E-state index contributed by atoms with van der Waals surface area (Å²) in [5.74, 6) is 0.716. The third-order valence-electron chi connectivity index (χ3n) is 4.31. The predicted octanol–water partition coefficient (Wildman–Crippen LogP) is 1.94. The summed E-state index contributed by atoms with van der Waals surface area (Å²) < 4.78 is 0. The van der Waals surface area contributed by atoms with Gasteiger partial charge in [0, 0.05) is 32.4 Å². The molecular weight excluding hydrogens is 300 g/mol. The second kappa shape index (κ2) is 7.45. The van der Waals surface area contributed by atoms with E-state index in [0.717, 1.165) is 31.9 Å². The van der Waals surface area contributed by atoms with Gasteiger partial charge < -0.3 is 15.1 Å². The molecular formula is C19H24N4O. The van der Waals surface area contributed by atoms with E-state index in [1.54, 1.807) is 6.20 Å². The molecule has 0 aliphatic carbocycles. The van der Waals surface area contributed by atoms with Gasteiger partial charge >= 0.3 is 0 Å². The van der Waals surface area contributed by atoms with Crippen LogP contribution in [0.5, 0.6) is 0 Å². The number of anilines is 1. The first kappa shape index (κ1) is 16.5. The van der Waals surface area contributed by atoms with Crippen molar-refractivity contribution < 1.29 is 4.79 Å². The molecule has 2 aromatic rings. The normalized spacial score (nSPS) is 13.7. The Hall–Kier alpha value is -2.40. The molecule has 0 radical (unpaired) electrons. The lowest BCUT2D eigenvalue weighted by atomic mass is 9.99. The molecule has 0 bridgehead atoms. The minimum Gasteiger partial charge on any atom is -0.351 e. The molecule has 0 saturated carbocycles. The van der Waals surface area contributed by atoms with Gasteiger partial charge in [-0.25, -0.2) is 4.98 Å². The quantitative estimate of drug-likeness (QED) is 0.913. The third-order valence-corrected chi connectivity index (χ3v) is 4.31. The Kier molecular flexibility index (Phi) is 5.11. The molecule has 0 fully saturated rings. The number of nitrogens with zero attached hydrogens (tertiary/aromatic N) is 3. The monoisotopic (exact) mass is 324 g/mol. The summed E-state index contributed by atoms with van der Waals surface area (Å²) >= 11 is 0. The van der Waals surface area contributed by atoms with E-state index in [1.807, 2.05) is 31.1 Å². The minimum absolute atomic E-state index is 0.0567. The Morgan fingerprint density at radius 3 is 2.79 bits per heavy atom. The number of hydrogen-bond donors (Lipinski definition) is 1. The molecule has 0 spiro atoms. The molecule has 1 amide bonds. The number of benzene rings is 1. The molecule has 5 heteroatoms. The van der Waals surface area contributed by atoms with E-state index in [1.165, 1.54) is 11.1 Å². The van der Waals surface area contributed by atoms with Crippen LogP contribution < -0.4 is 10.2 Å². The van der Waals surface area contributed by atoms with Gasteiger partial charge in [-0.3, -0.25) is 4.79 Å². The number of carbonyl (C=O) groups is 1. The summed E-state index contributed by atoms with van der Waals surface area (Å²) in [4.78, 5) is 21.3. The first-order valence-electron chi connectivity index (χ1n) is 8.35. The summed E-state index contributed by atoms with van der Waals surface area (Å²) in [5, 5.41) is 2.98. The number of pyridine rings is 1. The average Bonchev–Trinajstić information content (AvgIpc) is 2.61. The zero-order valence-electron chi connectivity index (χ0n) is 14.3. The molecule has 1 aliphatic rings. The SMILES string of the molecule is CN(C)CCNC(=O)c1cccnc1N1CCc2ccccc2C1. The molecule has 24 heavy (non-hydrogen) atoms. The Morgan fingerprint density at radius 2 is 2.00 bits per heavy atom. The fourth-order valence-electron chi connectivity index (χ4n) is 2.99. The first-order chi connectivity index (χ1) is 11.6. The van der Waals surface area contributed by atoms with Crippen molar-refractivity contribution in [1.29, 1.82) is 0 Å². The highest BCUT2D eigenvalue weighted by Crippen LogP contribution is 2.25. The largest absolute Gasteiger partial charge is 0.351 e. The van der Waals surface area contributed by atoms with Gasteiger partial charge in [0.25, 0.3) is 5.91 Å². The van der Waals surface area contributed by atoms with Crippen LogP contribution in [-0.4, -0.2) is 49.5 Å². The lowest BCUT2D eigenvalue weighted by Gasteiger charge is -2.30. The molecule has 0 atom stereocenters. The molecule has 3 rings (SSSR count). The van der Waals surface area contributed by atoms with Crippen LogP contribution in [0.4, 0.5) is 5.82 Å². The van der Waals surface area contributed by atoms with Gasteiger partial charge in [0.05, 0.1) is 5.56 Å². The van der Waals surface area contributed by atoms with Crippen molar-refractivity contribution in [3.63, 3.8) is 0 Å². The van der Waals surface area contributed by atoms with Gasteiger partial charge in [0.1, 0.15) is 5.82 Å². The van der Waals surface area contributed by atoms with Gasteiger partial charge in [-0.2, -0.15) is 0 Å². The number of likely N-dealkylation sites (N-methyl/N-ethyl adjacent to an activating group) is 1. The van der Waals surface area contributed by atoms with Crippen molar-refractivity contribution >= 4 is 11.7 Å². The highest BCUT2D eigenvalue weighted by atomic mass is 16.1. The topological polar surface area (TPSA) is 48.5 Å². The Balaban J connectivity index is 1.76. The zero-order chi connectivity index (χ0) is 16.9. The number of amides is 1. The van der Waals surface area contributed by atoms with Crippen LogP contribution in [0.2, 0.25) is 0 Å². The van der Waals surface area contributed by atoms with Gasteiger partial charge in [0.15, 0.2) is 0 Å². The number of nitrogens with one attached hydrogen (secondary N) is 1. The number of aromatic nitrogens is 1. The minimum atomic E-state index is -0.0567. The van der Waals surface area contributed by atoms with Crippen molar-refractivity contribution in [2.45, 2.75) is 13.0 Å². The number of carbonyl (C=O) groups excluding carboxylic acids is 1. The van der Waals surface area contributed by atoms with E-state index in [4.69, 9.17) is 0 Å². The van der Waals surface area contributed by atoms with Crippen molar-refractivity contribution in [1.82, 2.24) is 15.2 Å². The summed E-state index contributed by atoms with van der Waals surface area (Å²) in [6.07, 6.45) is 2.74. The summed E-state index contributed by atoms with van der Waals surface area (Å²) in [5.41, 5.74) is 3.35.